The number of phenolic OH excluding ortho intramolecular Hbond substituents is 2. The van der Waals surface area contributed by atoms with Gasteiger partial charge >= 0.3 is 0 Å². The Kier molecular flexibility index (Phi) is 6.24. The van der Waals surface area contributed by atoms with E-state index in [2.05, 4.69) is 5.10 Å². The Bertz CT molecular complexity index is 865. The van der Waals surface area contributed by atoms with E-state index in [-0.39, 0.29) is 64.3 Å². The van der Waals surface area contributed by atoms with Crippen molar-refractivity contribution in [1.29, 1.82) is 0 Å². The summed E-state index contributed by atoms with van der Waals surface area (Å²) in [6, 6.07) is 12.6. The van der Waals surface area contributed by atoms with E-state index in [1.54, 1.807) is 30.3 Å². The summed E-state index contributed by atoms with van der Waals surface area (Å²) in [6.45, 7) is -0.0717. The van der Waals surface area contributed by atoms with E-state index in [4.69, 9.17) is 0 Å². The van der Waals surface area contributed by atoms with Gasteiger partial charge in [0.25, 0.3) is 6.33 Å². The Labute approximate surface area is 159 Å². The zero-order valence-corrected chi connectivity index (χ0v) is 15.2. The number of para-hydroxylation sites is 2. The quantitative estimate of drug-likeness (QED) is 0.370. The highest BCUT2D eigenvalue weighted by Gasteiger charge is 2.18. The van der Waals surface area contributed by atoms with E-state index in [0.29, 0.717) is 0 Å². The summed E-state index contributed by atoms with van der Waals surface area (Å²) in [7, 11) is 0. The zero-order valence-electron chi connectivity index (χ0n) is 13.6. The molecule has 0 aliphatic rings. The van der Waals surface area contributed by atoms with Crippen LogP contribution in [0.15, 0.2) is 61.2 Å². The van der Waals surface area contributed by atoms with Gasteiger partial charge in [-0.15, -0.1) is 4.68 Å². The molecule has 0 atom stereocenters. The summed E-state index contributed by atoms with van der Waals surface area (Å²) in [4.78, 5) is 24.4. The van der Waals surface area contributed by atoms with Crippen LogP contribution in [0.25, 0.3) is 0 Å². The van der Waals surface area contributed by atoms with Crippen LogP contribution in [0, 0.1) is 0 Å². The summed E-state index contributed by atoms with van der Waals surface area (Å²) < 4.78 is 2.90. The molecule has 0 amide bonds. The van der Waals surface area contributed by atoms with Crippen LogP contribution in [0.4, 0.5) is 0 Å². The van der Waals surface area contributed by atoms with E-state index in [0.717, 1.165) is 0 Å². The fraction of sp³-hybridized carbons (Fsp3) is 0.111. The molecule has 0 aliphatic heterocycles. The monoisotopic (exact) mass is 417 g/mol. The number of hydrogen-bond donors (Lipinski definition) is 2. The third-order valence-electron chi connectivity index (χ3n) is 3.67. The van der Waals surface area contributed by atoms with Crippen molar-refractivity contribution < 1.29 is 41.4 Å². The molecule has 3 aromatic rings. The van der Waals surface area contributed by atoms with Crippen molar-refractivity contribution in [3.8, 4) is 11.5 Å². The number of aromatic hydroxyl groups is 2. The Hall–Kier alpha value is -3.00. The fourth-order valence-corrected chi connectivity index (χ4v) is 2.43. The highest BCUT2D eigenvalue weighted by Crippen LogP contribution is 2.17. The number of halogens is 1. The molecule has 3 rings (SSSR count). The summed E-state index contributed by atoms with van der Waals surface area (Å²) in [6.07, 6.45) is 2.95. The van der Waals surface area contributed by atoms with Gasteiger partial charge in [0.15, 0.2) is 6.54 Å². The van der Waals surface area contributed by atoms with Gasteiger partial charge in [0.1, 0.15) is 18.0 Å². The van der Waals surface area contributed by atoms with Gasteiger partial charge in [0.05, 0.1) is 11.1 Å². The van der Waals surface area contributed by atoms with Crippen LogP contribution >= 0.6 is 0 Å². The normalized spacial score (nSPS) is 10.2. The van der Waals surface area contributed by atoms with E-state index in [1.807, 2.05) is 0 Å². The molecule has 0 saturated heterocycles. The Balaban J connectivity index is 0.00000243. The smallest absolute Gasteiger partial charge is 0.265 e. The SMILES string of the molecule is O=C(Cn1c[n+](CC(=O)c2ccccc2O)cn1)c1ccccc1O.[Br-]. The molecular weight excluding hydrogens is 402 g/mol. The summed E-state index contributed by atoms with van der Waals surface area (Å²) in [5.74, 6) is -0.715. The van der Waals surface area contributed by atoms with Gasteiger partial charge in [-0.2, -0.15) is 0 Å². The minimum absolute atomic E-state index is 0. The lowest BCUT2D eigenvalue weighted by Gasteiger charge is -2.01. The van der Waals surface area contributed by atoms with Gasteiger partial charge in [-0.25, -0.2) is 4.57 Å². The van der Waals surface area contributed by atoms with Crippen molar-refractivity contribution in [3.05, 3.63) is 72.3 Å². The number of nitrogens with zero attached hydrogens (tertiary/aromatic N) is 3. The number of benzene rings is 2. The molecule has 0 spiro atoms. The number of hydrogen-bond acceptors (Lipinski definition) is 5. The largest absolute Gasteiger partial charge is 1.00 e. The molecule has 1 heterocycles. The maximum atomic E-state index is 12.2. The lowest BCUT2D eigenvalue weighted by Crippen LogP contribution is -3.00. The molecule has 7 nitrogen and oxygen atoms in total. The first kappa shape index (κ1) is 19.3. The van der Waals surface area contributed by atoms with Gasteiger partial charge in [-0.3, -0.25) is 9.59 Å². The lowest BCUT2D eigenvalue weighted by atomic mass is 10.1. The minimum Gasteiger partial charge on any atom is -1.00 e. The van der Waals surface area contributed by atoms with Crippen LogP contribution in [-0.2, 0) is 13.1 Å². The van der Waals surface area contributed by atoms with Crippen molar-refractivity contribution >= 4 is 11.6 Å². The second-order valence-corrected chi connectivity index (χ2v) is 5.50. The van der Waals surface area contributed by atoms with Crippen LogP contribution in [0.2, 0.25) is 0 Å². The zero-order chi connectivity index (χ0) is 17.8. The van der Waals surface area contributed by atoms with Crippen molar-refractivity contribution in [1.82, 2.24) is 9.78 Å². The highest BCUT2D eigenvalue weighted by molar-refractivity contribution is 5.98. The van der Waals surface area contributed by atoms with Gasteiger partial charge in [-0.1, -0.05) is 24.3 Å². The second kappa shape index (κ2) is 8.39. The molecule has 0 bridgehead atoms. The number of Topliss-reactive ketones (excluding diaryl/α,β-unsaturated/α-hetero) is 2. The van der Waals surface area contributed by atoms with E-state index >= 15 is 0 Å². The molecule has 0 fully saturated rings. The van der Waals surface area contributed by atoms with Crippen LogP contribution in [-0.4, -0.2) is 31.6 Å². The summed E-state index contributed by atoms with van der Waals surface area (Å²) >= 11 is 0. The van der Waals surface area contributed by atoms with Gasteiger partial charge in [0, 0.05) is 5.10 Å². The van der Waals surface area contributed by atoms with E-state index in [9.17, 15) is 19.8 Å². The topological polar surface area (TPSA) is 96.3 Å². The molecule has 0 aliphatic carbocycles. The molecule has 26 heavy (non-hydrogen) atoms. The predicted octanol–water partition coefficient (Wildman–Crippen LogP) is -1.65. The van der Waals surface area contributed by atoms with Crippen LogP contribution in [0.5, 0.6) is 11.5 Å². The van der Waals surface area contributed by atoms with Crippen LogP contribution < -0.4 is 21.5 Å². The van der Waals surface area contributed by atoms with Crippen molar-refractivity contribution in [2.75, 3.05) is 0 Å². The Morgan fingerprint density at radius 3 is 2.04 bits per heavy atom. The lowest BCUT2D eigenvalue weighted by molar-refractivity contribution is -0.683. The van der Waals surface area contributed by atoms with Crippen LogP contribution in [0.3, 0.4) is 0 Å². The minimum atomic E-state index is -0.291. The number of rotatable bonds is 6. The average Bonchev–Trinajstić information content (AvgIpc) is 3.02. The maximum Gasteiger partial charge on any atom is 0.265 e. The second-order valence-electron chi connectivity index (χ2n) is 5.50. The van der Waals surface area contributed by atoms with Crippen molar-refractivity contribution in [2.24, 2.45) is 0 Å². The number of phenols is 2. The average molecular weight is 418 g/mol. The van der Waals surface area contributed by atoms with E-state index in [1.165, 1.54) is 40.1 Å². The molecule has 2 aromatic carbocycles. The summed E-state index contributed by atoms with van der Waals surface area (Å²) in [5.41, 5.74) is 0.447. The standard InChI is InChI=1S/C18H15N3O4.BrH/c22-15-7-3-1-5-13(15)17(24)9-20-11-19-21(12-20)10-18(25)14-6-2-4-8-16(14)23;/h1-8,11-12H,9-10H2,(H-,22,23,24,25);1H. The molecule has 0 radical (unpaired) electrons. The molecule has 0 saturated carbocycles. The number of ketones is 2. The van der Waals surface area contributed by atoms with Crippen molar-refractivity contribution in [2.45, 2.75) is 13.1 Å². The van der Waals surface area contributed by atoms with Gasteiger partial charge in [0.2, 0.25) is 17.9 Å². The first-order chi connectivity index (χ1) is 12.0. The number of aromatic nitrogens is 3. The van der Waals surface area contributed by atoms with Gasteiger partial charge in [-0.05, 0) is 24.3 Å². The van der Waals surface area contributed by atoms with Gasteiger partial charge < -0.3 is 27.2 Å². The first-order valence-corrected chi connectivity index (χ1v) is 7.58. The molecule has 8 heteroatoms. The molecule has 2 N–H and O–H groups in total. The molecule has 134 valence electrons. The Morgan fingerprint density at radius 1 is 0.923 bits per heavy atom. The molecular formula is C18H16BrN3O4. The van der Waals surface area contributed by atoms with Crippen LogP contribution in [0.1, 0.15) is 20.7 Å². The maximum absolute atomic E-state index is 12.2. The summed E-state index contributed by atoms with van der Waals surface area (Å²) in [5, 5.41) is 23.5. The molecule has 0 unspecified atom stereocenters. The van der Waals surface area contributed by atoms with E-state index < -0.39 is 0 Å². The third-order valence-corrected chi connectivity index (χ3v) is 3.67. The molecule has 1 aromatic heterocycles. The predicted molar refractivity (Wildman–Crippen MR) is 87.3 cm³/mol. The van der Waals surface area contributed by atoms with Crippen molar-refractivity contribution in [3.63, 3.8) is 0 Å². The number of carbonyl (C=O) groups excluding carboxylic acids is 2. The third kappa shape index (κ3) is 4.34. The fourth-order valence-electron chi connectivity index (χ4n) is 2.43. The number of carbonyl (C=O) groups is 2. The first-order valence-electron chi connectivity index (χ1n) is 7.58. The highest BCUT2D eigenvalue weighted by atomic mass is 79.9. The Morgan fingerprint density at radius 2 is 1.46 bits per heavy atom.